The van der Waals surface area contributed by atoms with E-state index in [9.17, 15) is 19.2 Å². The highest BCUT2D eigenvalue weighted by Gasteiger charge is 2.33. The fraction of sp³-hybridized carbons (Fsp3) is 0.375. The van der Waals surface area contributed by atoms with Gasteiger partial charge >= 0.3 is 12.1 Å². The summed E-state index contributed by atoms with van der Waals surface area (Å²) in [5, 5.41) is 5.82. The van der Waals surface area contributed by atoms with Crippen molar-refractivity contribution in [2.75, 3.05) is 24.3 Å². The van der Waals surface area contributed by atoms with Gasteiger partial charge in [0.15, 0.2) is 0 Å². The number of amides is 3. The van der Waals surface area contributed by atoms with Gasteiger partial charge in [-0.05, 0) is 76.4 Å². The van der Waals surface area contributed by atoms with E-state index in [2.05, 4.69) is 10.6 Å². The van der Waals surface area contributed by atoms with Crippen molar-refractivity contribution in [3.8, 4) is 0 Å². The van der Waals surface area contributed by atoms with Crippen LogP contribution in [0.1, 0.15) is 70.8 Å². The normalized spacial score (nSPS) is 13.5. The molecule has 0 saturated carbocycles. The Bertz CT molecular complexity index is 1510. The summed E-state index contributed by atoms with van der Waals surface area (Å²) in [5.41, 5.74) is 2.75. The summed E-state index contributed by atoms with van der Waals surface area (Å²) in [6.07, 6.45) is 0.552. The maximum Gasteiger partial charge on any atom is 0.410 e. The number of carbonyl (C=O) groups excluding carboxylic acids is 4. The lowest BCUT2D eigenvalue weighted by Crippen LogP contribution is -2.39. The van der Waals surface area contributed by atoms with Crippen molar-refractivity contribution < 1.29 is 28.7 Å². The molecule has 228 valence electrons. The molecular weight excluding hydrogens is 587 g/mol. The summed E-state index contributed by atoms with van der Waals surface area (Å²) in [6.45, 7) is 9.99. The summed E-state index contributed by atoms with van der Waals surface area (Å²) >= 11 is 2.65. The van der Waals surface area contributed by atoms with E-state index in [0.29, 0.717) is 41.2 Å². The van der Waals surface area contributed by atoms with Crippen LogP contribution in [0.2, 0.25) is 0 Å². The molecule has 1 aliphatic rings. The number of aryl methyl sites for hydroxylation is 1. The second-order valence-electron chi connectivity index (χ2n) is 11.2. The number of nitrogens with zero attached hydrogens (tertiary/aromatic N) is 1. The first kappa shape index (κ1) is 32.1. The maximum atomic E-state index is 13.5. The Hall–Kier alpha value is -3.83. The standard InChI is InChI=1S/C32H37N3O6S2/c1-7-24(42-22-10-8-9-21(17-22)33-27(36)20-13-11-19(2)12-14-20)28(37)34-29-26(30(38)40-6)23-15-16-35(18-25(23)43-29)31(39)41-32(3,4)5/h8-14,17,24H,7,15-16,18H2,1-6H3,(H,33,36)(H,34,37). The first-order valence-electron chi connectivity index (χ1n) is 14.0. The van der Waals surface area contributed by atoms with Crippen LogP contribution < -0.4 is 10.6 Å². The number of benzene rings is 2. The Morgan fingerprint density at radius 2 is 1.79 bits per heavy atom. The van der Waals surface area contributed by atoms with Crippen LogP contribution >= 0.6 is 23.1 Å². The Kier molecular flexibility index (Phi) is 10.2. The minimum Gasteiger partial charge on any atom is -0.465 e. The van der Waals surface area contributed by atoms with E-state index in [1.165, 1.54) is 30.2 Å². The van der Waals surface area contributed by atoms with Crippen LogP contribution in [0.15, 0.2) is 53.4 Å². The number of hydrogen-bond donors (Lipinski definition) is 2. The topological polar surface area (TPSA) is 114 Å². The van der Waals surface area contributed by atoms with Crippen LogP contribution in [0.3, 0.4) is 0 Å². The van der Waals surface area contributed by atoms with E-state index >= 15 is 0 Å². The average molecular weight is 624 g/mol. The minimum atomic E-state index is -0.623. The zero-order valence-electron chi connectivity index (χ0n) is 25.2. The van der Waals surface area contributed by atoms with Crippen LogP contribution in [0.25, 0.3) is 0 Å². The fourth-order valence-electron chi connectivity index (χ4n) is 4.53. The van der Waals surface area contributed by atoms with Gasteiger partial charge in [-0.15, -0.1) is 23.1 Å². The van der Waals surface area contributed by atoms with Crippen LogP contribution in [0.4, 0.5) is 15.5 Å². The van der Waals surface area contributed by atoms with Crippen LogP contribution in [-0.4, -0.2) is 53.3 Å². The average Bonchev–Trinajstić information content (AvgIpc) is 3.32. The lowest BCUT2D eigenvalue weighted by Gasteiger charge is -2.30. The molecule has 1 unspecified atom stereocenters. The molecule has 0 spiro atoms. The minimum absolute atomic E-state index is 0.214. The number of carbonyl (C=O) groups is 4. The van der Waals surface area contributed by atoms with Gasteiger partial charge in [0.2, 0.25) is 5.91 Å². The van der Waals surface area contributed by atoms with Crippen LogP contribution in [0, 0.1) is 6.92 Å². The van der Waals surface area contributed by atoms with Crippen molar-refractivity contribution in [2.24, 2.45) is 0 Å². The van der Waals surface area contributed by atoms with E-state index in [0.717, 1.165) is 20.9 Å². The lowest BCUT2D eigenvalue weighted by molar-refractivity contribution is -0.115. The number of esters is 1. The predicted molar refractivity (Wildman–Crippen MR) is 170 cm³/mol. The van der Waals surface area contributed by atoms with E-state index in [1.54, 1.807) is 23.1 Å². The first-order chi connectivity index (χ1) is 20.4. The molecule has 9 nitrogen and oxygen atoms in total. The van der Waals surface area contributed by atoms with Gasteiger partial charge in [0.1, 0.15) is 10.6 Å². The number of hydrogen-bond acceptors (Lipinski definition) is 8. The predicted octanol–water partition coefficient (Wildman–Crippen LogP) is 6.90. The quantitative estimate of drug-likeness (QED) is 0.207. The number of ether oxygens (including phenoxy) is 2. The second kappa shape index (κ2) is 13.6. The third-order valence-electron chi connectivity index (χ3n) is 6.68. The summed E-state index contributed by atoms with van der Waals surface area (Å²) < 4.78 is 10.6. The number of anilines is 2. The second-order valence-corrected chi connectivity index (χ2v) is 13.6. The number of thioether (sulfide) groups is 1. The molecule has 2 N–H and O–H groups in total. The van der Waals surface area contributed by atoms with Crippen molar-refractivity contribution in [1.82, 2.24) is 4.90 Å². The van der Waals surface area contributed by atoms with Crippen LogP contribution in [0.5, 0.6) is 0 Å². The summed E-state index contributed by atoms with van der Waals surface area (Å²) in [6, 6.07) is 14.7. The van der Waals surface area contributed by atoms with Gasteiger partial charge < -0.3 is 25.0 Å². The molecular formula is C32H37N3O6S2. The molecule has 1 aromatic heterocycles. The van der Waals surface area contributed by atoms with Crippen LogP contribution in [-0.2, 0) is 27.2 Å². The summed E-state index contributed by atoms with van der Waals surface area (Å²) in [4.78, 5) is 54.9. The largest absolute Gasteiger partial charge is 0.465 e. The van der Waals surface area contributed by atoms with Crippen molar-refractivity contribution >= 4 is 57.7 Å². The number of rotatable bonds is 8. The van der Waals surface area contributed by atoms with Gasteiger partial charge in [0, 0.05) is 27.6 Å². The zero-order valence-corrected chi connectivity index (χ0v) is 26.9. The van der Waals surface area contributed by atoms with Gasteiger partial charge in [-0.25, -0.2) is 9.59 Å². The van der Waals surface area contributed by atoms with Gasteiger partial charge in [-0.2, -0.15) is 0 Å². The van der Waals surface area contributed by atoms with E-state index in [4.69, 9.17) is 9.47 Å². The molecule has 2 heterocycles. The SMILES string of the molecule is CCC(Sc1cccc(NC(=O)c2ccc(C)cc2)c1)C(=O)Nc1sc2c(c1C(=O)OC)CCN(C(=O)OC(C)(C)C)C2. The molecule has 3 amide bonds. The molecule has 43 heavy (non-hydrogen) atoms. The third-order valence-corrected chi connectivity index (χ3v) is 9.17. The number of thiophene rings is 1. The lowest BCUT2D eigenvalue weighted by atomic mass is 10.0. The van der Waals surface area contributed by atoms with E-state index in [1.807, 2.05) is 65.0 Å². The highest BCUT2D eigenvalue weighted by molar-refractivity contribution is 8.00. The number of fused-ring (bicyclic) bond motifs is 1. The van der Waals surface area contributed by atoms with Crippen molar-refractivity contribution in [3.63, 3.8) is 0 Å². The van der Waals surface area contributed by atoms with E-state index < -0.39 is 22.9 Å². The molecule has 0 fully saturated rings. The number of nitrogens with one attached hydrogen (secondary N) is 2. The van der Waals surface area contributed by atoms with E-state index in [-0.39, 0.29) is 18.4 Å². The van der Waals surface area contributed by atoms with Gasteiger partial charge in [-0.3, -0.25) is 9.59 Å². The fourth-order valence-corrected chi connectivity index (χ4v) is 6.79. The molecule has 0 saturated heterocycles. The summed E-state index contributed by atoms with van der Waals surface area (Å²) in [5.74, 6) is -1.00. The highest BCUT2D eigenvalue weighted by atomic mass is 32.2. The Morgan fingerprint density at radius 1 is 1.07 bits per heavy atom. The molecule has 1 aliphatic heterocycles. The molecule has 0 radical (unpaired) electrons. The highest BCUT2D eigenvalue weighted by Crippen LogP contribution is 2.39. The smallest absolute Gasteiger partial charge is 0.410 e. The van der Waals surface area contributed by atoms with Gasteiger partial charge in [0.25, 0.3) is 5.91 Å². The Balaban J connectivity index is 1.48. The van der Waals surface area contributed by atoms with Crippen molar-refractivity contribution in [2.45, 2.75) is 69.8 Å². The van der Waals surface area contributed by atoms with Gasteiger partial charge in [-0.1, -0.05) is 30.7 Å². The monoisotopic (exact) mass is 623 g/mol. The van der Waals surface area contributed by atoms with Crippen molar-refractivity contribution in [1.29, 1.82) is 0 Å². The molecule has 3 aromatic rings. The number of methoxy groups -OCH3 is 1. The molecule has 2 aromatic carbocycles. The maximum absolute atomic E-state index is 13.5. The third kappa shape index (κ3) is 8.17. The molecule has 1 atom stereocenters. The van der Waals surface area contributed by atoms with Gasteiger partial charge in [0.05, 0.1) is 24.5 Å². The first-order valence-corrected chi connectivity index (χ1v) is 15.7. The van der Waals surface area contributed by atoms with Crippen molar-refractivity contribution in [3.05, 3.63) is 75.7 Å². The Morgan fingerprint density at radius 3 is 2.44 bits per heavy atom. The zero-order chi connectivity index (χ0) is 31.3. The summed E-state index contributed by atoms with van der Waals surface area (Å²) in [7, 11) is 1.31. The molecule has 11 heteroatoms. The Labute approximate surface area is 260 Å². The molecule has 4 rings (SSSR count). The molecule has 0 bridgehead atoms. The molecule has 0 aliphatic carbocycles.